The van der Waals surface area contributed by atoms with Crippen molar-refractivity contribution in [1.82, 2.24) is 9.80 Å². The standard InChI is InChI=1S/C38H72N2O12/c1-15-27-38(10,46)31(42)24(6)40(13)19-20(2)17-36(8,45)33(52-35-29(41)26(39(11)12)16-21(3)48-35)22(4)30(23(5)34(44)50-27)51-28-18-37(9,47-14)32(43)25(7)49-28/h20-33,35,41-43,45-46H,15-19H2,1-14H3/t20-,21-,22+,23-,24-,25+,26+,27-,28+,29-,30+,31-,32+,33-,35+,36-,37-,38-/m1/s1/i13+1D3. The van der Waals surface area contributed by atoms with Crippen LogP contribution in [0.3, 0.4) is 0 Å². The van der Waals surface area contributed by atoms with Crippen molar-refractivity contribution in [2.45, 2.75) is 185 Å². The summed E-state index contributed by atoms with van der Waals surface area (Å²) in [4.78, 5) is 17.3. The van der Waals surface area contributed by atoms with Crippen LogP contribution in [0.1, 0.15) is 99.0 Å². The van der Waals surface area contributed by atoms with Gasteiger partial charge in [0.2, 0.25) is 0 Å². The Kier molecular flexibility index (Phi) is 14.0. The summed E-state index contributed by atoms with van der Waals surface area (Å²) in [5, 5.41) is 58.4. The molecule has 0 radical (unpaired) electrons. The number of carbonyl (C=O) groups is 1. The van der Waals surface area contributed by atoms with E-state index in [2.05, 4.69) is 0 Å². The number of methoxy groups -OCH3 is 1. The SMILES string of the molecule is [2H][13C]([2H])([2H])N1C[C@H](C)C[C@@](C)(O)[C@H](O[C@@H]2O[C@H](C)C[C@H](N(C)C)[C@H]2O)[C@@H](C)[C@H](O[C@H]2C[C@@](C)(OC)[C@@H](O)[C@H](C)O2)[C@@H](C)C(=O)O[C@H](CC)[C@@](C)(O)[C@H](O)[C@H]1C. The van der Waals surface area contributed by atoms with E-state index in [4.69, 9.17) is 32.5 Å². The predicted octanol–water partition coefficient (Wildman–Crippen LogP) is 1.90. The first-order chi connectivity index (χ1) is 25.1. The number of aliphatic hydroxyl groups excluding tert-OH is 3. The number of likely N-dealkylation sites (N-methyl/N-ethyl adjacent to an activating group) is 2. The largest absolute Gasteiger partial charge is 0.459 e. The smallest absolute Gasteiger partial charge is 0.311 e. The molecular weight excluding hydrogens is 677 g/mol. The first-order valence-corrected chi connectivity index (χ1v) is 18.9. The fourth-order valence-electron chi connectivity index (χ4n) is 8.51. The predicted molar refractivity (Wildman–Crippen MR) is 194 cm³/mol. The minimum absolute atomic E-state index is 0.0305. The highest BCUT2D eigenvalue weighted by atomic mass is 16.7. The van der Waals surface area contributed by atoms with Crippen molar-refractivity contribution in [3.05, 3.63) is 0 Å². The zero-order chi connectivity index (χ0) is 42.2. The molecule has 18 atom stereocenters. The van der Waals surface area contributed by atoms with Gasteiger partial charge in [-0.1, -0.05) is 20.8 Å². The molecule has 14 nitrogen and oxygen atoms in total. The summed E-state index contributed by atoms with van der Waals surface area (Å²) in [6, 6.07) is -1.48. The molecule has 3 saturated heterocycles. The third-order valence-electron chi connectivity index (χ3n) is 11.9. The van der Waals surface area contributed by atoms with Crippen LogP contribution >= 0.6 is 0 Å². The molecule has 0 aromatic heterocycles. The molecule has 3 rings (SSSR count). The van der Waals surface area contributed by atoms with Crippen LogP contribution in [-0.2, 0) is 33.2 Å². The van der Waals surface area contributed by atoms with E-state index < -0.39 is 109 Å². The Labute approximate surface area is 316 Å². The van der Waals surface area contributed by atoms with Gasteiger partial charge in [0, 0.05) is 42.2 Å². The Morgan fingerprint density at radius 1 is 0.981 bits per heavy atom. The van der Waals surface area contributed by atoms with Gasteiger partial charge in [0.1, 0.15) is 30.0 Å². The van der Waals surface area contributed by atoms with E-state index >= 15 is 0 Å². The molecule has 14 heteroatoms. The molecule has 5 N–H and O–H groups in total. The van der Waals surface area contributed by atoms with Crippen LogP contribution in [0.25, 0.3) is 0 Å². The topological polar surface area (TPSA) is 180 Å². The number of aliphatic hydroxyl groups is 5. The van der Waals surface area contributed by atoms with Crippen molar-refractivity contribution in [3.63, 3.8) is 0 Å². The molecule has 0 unspecified atom stereocenters. The average Bonchev–Trinajstić information content (AvgIpc) is 3.08. The summed E-state index contributed by atoms with van der Waals surface area (Å²) < 4.78 is 62.4. The molecule has 52 heavy (non-hydrogen) atoms. The van der Waals surface area contributed by atoms with Gasteiger partial charge in [0.15, 0.2) is 12.6 Å². The van der Waals surface area contributed by atoms with E-state index in [0.29, 0.717) is 6.42 Å². The molecule has 0 saturated carbocycles. The fourth-order valence-corrected chi connectivity index (χ4v) is 8.51. The van der Waals surface area contributed by atoms with Crippen molar-refractivity contribution < 1.29 is 62.9 Å². The van der Waals surface area contributed by atoms with Crippen LogP contribution in [0.15, 0.2) is 0 Å². The number of hydrogen-bond acceptors (Lipinski definition) is 14. The van der Waals surface area contributed by atoms with Crippen LogP contribution in [0.5, 0.6) is 0 Å². The van der Waals surface area contributed by atoms with Crippen LogP contribution in [0.2, 0.25) is 0 Å². The second kappa shape index (κ2) is 17.8. The lowest BCUT2D eigenvalue weighted by Gasteiger charge is -2.48. The Hall–Kier alpha value is -1.01. The van der Waals surface area contributed by atoms with Crippen molar-refractivity contribution >= 4 is 5.97 Å². The van der Waals surface area contributed by atoms with Crippen LogP contribution < -0.4 is 0 Å². The van der Waals surface area contributed by atoms with Gasteiger partial charge in [-0.3, -0.25) is 4.79 Å². The van der Waals surface area contributed by atoms with Crippen LogP contribution in [0, 0.1) is 17.8 Å². The molecule has 0 aliphatic carbocycles. The minimum atomic E-state index is -2.71. The van der Waals surface area contributed by atoms with E-state index in [0.717, 1.165) is 4.90 Å². The number of cyclic esters (lactones) is 1. The second-order valence-corrected chi connectivity index (χ2v) is 16.9. The number of nitrogens with zero attached hydrogens (tertiary/aromatic N) is 2. The van der Waals surface area contributed by atoms with Crippen LogP contribution in [-0.4, -0.2) is 166 Å². The Balaban J connectivity index is 2.23. The molecular formula is C38H72N2O12. The van der Waals surface area contributed by atoms with Crippen molar-refractivity contribution in [3.8, 4) is 0 Å². The fraction of sp³-hybridized carbons (Fsp3) is 0.974. The van der Waals surface area contributed by atoms with Gasteiger partial charge in [-0.05, 0) is 94.7 Å². The summed E-state index contributed by atoms with van der Waals surface area (Å²) in [6.45, 7) is 13.6. The van der Waals surface area contributed by atoms with E-state index in [9.17, 15) is 30.3 Å². The number of rotatable bonds is 7. The number of esters is 1. The highest BCUT2D eigenvalue weighted by Gasteiger charge is 2.52. The lowest BCUT2D eigenvalue weighted by molar-refractivity contribution is -0.318. The summed E-state index contributed by atoms with van der Waals surface area (Å²) in [5.41, 5.74) is -4.92. The third-order valence-corrected chi connectivity index (χ3v) is 11.9. The Morgan fingerprint density at radius 2 is 1.62 bits per heavy atom. The molecule has 0 aromatic carbocycles. The van der Waals surface area contributed by atoms with E-state index in [1.54, 1.807) is 48.5 Å². The van der Waals surface area contributed by atoms with Gasteiger partial charge in [-0.2, -0.15) is 0 Å². The molecule has 0 spiro atoms. The molecule has 306 valence electrons. The van der Waals surface area contributed by atoms with Gasteiger partial charge in [0.25, 0.3) is 0 Å². The maximum Gasteiger partial charge on any atom is 0.311 e. The molecule has 3 fully saturated rings. The van der Waals surface area contributed by atoms with Crippen molar-refractivity contribution in [2.24, 2.45) is 17.8 Å². The zero-order valence-corrected chi connectivity index (χ0v) is 33.7. The summed E-state index contributed by atoms with van der Waals surface area (Å²) in [5.74, 6) is -3.31. The van der Waals surface area contributed by atoms with Gasteiger partial charge in [-0.25, -0.2) is 0 Å². The average molecular weight is 753 g/mol. The van der Waals surface area contributed by atoms with Gasteiger partial charge < -0.3 is 63.8 Å². The van der Waals surface area contributed by atoms with Crippen LogP contribution in [0.4, 0.5) is 0 Å². The van der Waals surface area contributed by atoms with Gasteiger partial charge in [-0.15, -0.1) is 0 Å². The normalized spacial score (nSPS) is 50.7. The van der Waals surface area contributed by atoms with Crippen molar-refractivity contribution in [2.75, 3.05) is 34.7 Å². The molecule has 3 heterocycles. The first kappa shape index (κ1) is 40.6. The Bertz CT molecular complexity index is 1250. The monoisotopic (exact) mass is 753 g/mol. The van der Waals surface area contributed by atoms with Crippen molar-refractivity contribution in [1.29, 1.82) is 0 Å². The number of ether oxygens (including phenoxy) is 6. The maximum atomic E-state index is 14.3. The maximum absolute atomic E-state index is 14.3. The summed E-state index contributed by atoms with van der Waals surface area (Å²) in [6.07, 6.45) is -9.99. The molecule has 0 bridgehead atoms. The van der Waals surface area contributed by atoms with E-state index in [1.807, 2.05) is 25.9 Å². The lowest BCUT2D eigenvalue weighted by Crippen LogP contribution is -2.60. The quantitative estimate of drug-likeness (QED) is 0.188. The highest BCUT2D eigenvalue weighted by Crippen LogP contribution is 2.40. The zero-order valence-electron chi connectivity index (χ0n) is 36.7. The van der Waals surface area contributed by atoms with Gasteiger partial charge >= 0.3 is 5.97 Å². The third kappa shape index (κ3) is 10.0. The lowest BCUT2D eigenvalue weighted by atomic mass is 9.77. The molecule has 3 aliphatic heterocycles. The van der Waals surface area contributed by atoms with E-state index in [1.165, 1.54) is 21.0 Å². The Morgan fingerprint density at radius 3 is 2.17 bits per heavy atom. The highest BCUT2D eigenvalue weighted by molar-refractivity contribution is 5.73. The number of carbonyl (C=O) groups excluding carboxylic acids is 1. The van der Waals surface area contributed by atoms with Gasteiger partial charge in [0.05, 0.1) is 41.5 Å². The molecule has 3 aliphatic rings. The molecule has 0 aromatic rings. The molecule has 0 amide bonds. The number of hydrogen-bond donors (Lipinski definition) is 5. The first-order valence-electron chi connectivity index (χ1n) is 20.4. The van der Waals surface area contributed by atoms with E-state index in [-0.39, 0.29) is 38.0 Å². The summed E-state index contributed by atoms with van der Waals surface area (Å²) in [7, 11) is 5.16. The second-order valence-electron chi connectivity index (χ2n) is 16.9. The summed E-state index contributed by atoms with van der Waals surface area (Å²) >= 11 is 0. The minimum Gasteiger partial charge on any atom is -0.459 e.